The van der Waals surface area contributed by atoms with Crippen molar-refractivity contribution < 1.29 is 13.2 Å². The van der Waals surface area contributed by atoms with Crippen LogP contribution in [-0.4, -0.2) is 27.7 Å². The van der Waals surface area contributed by atoms with Crippen LogP contribution in [0.1, 0.15) is 19.3 Å². The largest absolute Gasteiger partial charge is 0.382 e. The van der Waals surface area contributed by atoms with Gasteiger partial charge in [-0.25, -0.2) is 13.6 Å². The van der Waals surface area contributed by atoms with Crippen molar-refractivity contribution in [3.8, 4) is 0 Å². The zero-order valence-corrected chi connectivity index (χ0v) is 10.9. The van der Waals surface area contributed by atoms with E-state index in [9.17, 15) is 8.42 Å². The van der Waals surface area contributed by atoms with Crippen LogP contribution in [0.2, 0.25) is 0 Å². The van der Waals surface area contributed by atoms with Crippen LogP contribution < -0.4 is 10.5 Å². The normalized spacial score (nSPS) is 21.3. The van der Waals surface area contributed by atoms with Gasteiger partial charge in [-0.15, -0.1) is 0 Å². The van der Waals surface area contributed by atoms with Crippen LogP contribution in [-0.2, 0) is 14.8 Å². The summed E-state index contributed by atoms with van der Waals surface area (Å²) in [5.41, 5.74) is 0.786. The first-order valence-corrected chi connectivity index (χ1v) is 7.57. The number of ether oxygens (including phenoxy) is 1. The van der Waals surface area contributed by atoms with E-state index < -0.39 is 10.0 Å². The maximum absolute atomic E-state index is 11.3. The van der Waals surface area contributed by atoms with Gasteiger partial charge < -0.3 is 10.1 Å². The molecule has 6 heteroatoms. The first-order valence-electron chi connectivity index (χ1n) is 6.03. The lowest BCUT2D eigenvalue weighted by Gasteiger charge is -2.17. The smallest absolute Gasteiger partial charge is 0.238 e. The zero-order chi connectivity index (χ0) is 13.0. The van der Waals surface area contributed by atoms with Gasteiger partial charge in [0.05, 0.1) is 4.90 Å². The summed E-state index contributed by atoms with van der Waals surface area (Å²) in [5.74, 6) is 0. The number of hydrogen-bond acceptors (Lipinski definition) is 4. The van der Waals surface area contributed by atoms with Crippen molar-refractivity contribution in [3.05, 3.63) is 24.3 Å². The van der Waals surface area contributed by atoms with E-state index in [-0.39, 0.29) is 4.90 Å². The Balaban J connectivity index is 2.09. The number of anilines is 1. The van der Waals surface area contributed by atoms with Crippen LogP contribution in [0, 0.1) is 0 Å². The van der Waals surface area contributed by atoms with Crippen LogP contribution in [0.15, 0.2) is 29.2 Å². The van der Waals surface area contributed by atoms with Gasteiger partial charge in [0, 0.05) is 24.9 Å². The van der Waals surface area contributed by atoms with Gasteiger partial charge in [-0.05, 0) is 37.5 Å². The Morgan fingerprint density at radius 1 is 1.28 bits per heavy atom. The minimum atomic E-state index is -3.64. The third kappa shape index (κ3) is 3.69. The predicted octanol–water partition coefficient (Wildman–Crippen LogP) is 1.31. The van der Waals surface area contributed by atoms with Crippen molar-refractivity contribution in [1.82, 2.24) is 0 Å². The molecule has 18 heavy (non-hydrogen) atoms. The third-order valence-corrected chi connectivity index (χ3v) is 3.90. The zero-order valence-electron chi connectivity index (χ0n) is 10.1. The lowest BCUT2D eigenvalue weighted by atomic mass is 10.1. The first-order chi connectivity index (χ1) is 8.55. The quantitative estimate of drug-likeness (QED) is 0.867. The summed E-state index contributed by atoms with van der Waals surface area (Å²) in [4.78, 5) is 0.136. The summed E-state index contributed by atoms with van der Waals surface area (Å²) in [6.07, 6.45) is 2.98. The average Bonchev–Trinajstić information content (AvgIpc) is 2.57. The first kappa shape index (κ1) is 13.3. The summed E-state index contributed by atoms with van der Waals surface area (Å²) in [6.45, 7) is 1.54. The highest BCUT2D eigenvalue weighted by atomic mass is 32.2. The minimum Gasteiger partial charge on any atom is -0.382 e. The molecule has 0 radical (unpaired) electrons. The van der Waals surface area contributed by atoms with Gasteiger partial charge in [0.15, 0.2) is 0 Å². The Labute approximate surface area is 107 Å². The Morgan fingerprint density at radius 2 is 2.11 bits per heavy atom. The molecule has 1 aromatic rings. The standard InChI is InChI=1S/C12H18N2O3S/c13-18(15,16)12-5-1-3-11(9-12)14-10-4-2-7-17-8-6-10/h1,3,5,9-10,14H,2,4,6-8H2,(H2,13,15,16). The molecule has 3 N–H and O–H groups in total. The predicted molar refractivity (Wildman–Crippen MR) is 69.9 cm³/mol. The molecule has 1 aliphatic heterocycles. The van der Waals surface area contributed by atoms with Crippen molar-refractivity contribution in [2.75, 3.05) is 18.5 Å². The molecule has 1 heterocycles. The molecule has 0 spiro atoms. The highest BCUT2D eigenvalue weighted by molar-refractivity contribution is 7.89. The molecule has 0 aliphatic carbocycles. The maximum Gasteiger partial charge on any atom is 0.238 e. The second-order valence-electron chi connectivity index (χ2n) is 4.46. The summed E-state index contributed by atoms with van der Waals surface area (Å²) in [5, 5.41) is 8.44. The number of benzene rings is 1. The van der Waals surface area contributed by atoms with Crippen LogP contribution >= 0.6 is 0 Å². The molecule has 5 nitrogen and oxygen atoms in total. The maximum atomic E-state index is 11.3. The summed E-state index contributed by atoms with van der Waals surface area (Å²) < 4.78 is 27.9. The summed E-state index contributed by atoms with van der Waals surface area (Å²) >= 11 is 0. The molecular formula is C12H18N2O3S. The van der Waals surface area contributed by atoms with Gasteiger partial charge in [0.1, 0.15) is 0 Å². The molecule has 1 aromatic carbocycles. The van der Waals surface area contributed by atoms with Gasteiger partial charge in [0.25, 0.3) is 0 Å². The van der Waals surface area contributed by atoms with Gasteiger partial charge in [-0.1, -0.05) is 6.07 Å². The van der Waals surface area contributed by atoms with Crippen LogP contribution in [0.25, 0.3) is 0 Å². The molecule has 0 amide bonds. The van der Waals surface area contributed by atoms with Gasteiger partial charge >= 0.3 is 0 Å². The molecule has 1 fully saturated rings. The van der Waals surface area contributed by atoms with Crippen molar-refractivity contribution in [1.29, 1.82) is 0 Å². The van der Waals surface area contributed by atoms with Crippen molar-refractivity contribution in [2.45, 2.75) is 30.2 Å². The number of nitrogens with two attached hydrogens (primary N) is 1. The van der Waals surface area contributed by atoms with Gasteiger partial charge in [-0.2, -0.15) is 0 Å². The van der Waals surface area contributed by atoms with Gasteiger partial charge in [-0.3, -0.25) is 0 Å². The molecule has 1 saturated heterocycles. The molecule has 0 bridgehead atoms. The molecule has 2 rings (SSSR count). The minimum absolute atomic E-state index is 0.136. The average molecular weight is 270 g/mol. The van der Waals surface area contributed by atoms with Crippen molar-refractivity contribution in [3.63, 3.8) is 0 Å². The van der Waals surface area contributed by atoms with Crippen LogP contribution in [0.3, 0.4) is 0 Å². The lowest BCUT2D eigenvalue weighted by Crippen LogP contribution is -2.20. The van der Waals surface area contributed by atoms with Crippen LogP contribution in [0.4, 0.5) is 5.69 Å². The molecule has 0 aromatic heterocycles. The van der Waals surface area contributed by atoms with Crippen molar-refractivity contribution in [2.24, 2.45) is 5.14 Å². The lowest BCUT2D eigenvalue weighted by molar-refractivity contribution is 0.144. The van der Waals surface area contributed by atoms with E-state index in [2.05, 4.69) is 5.32 Å². The number of sulfonamides is 1. The monoisotopic (exact) mass is 270 g/mol. The van der Waals surface area contributed by atoms with E-state index in [1.165, 1.54) is 6.07 Å². The topological polar surface area (TPSA) is 81.4 Å². The number of hydrogen-bond donors (Lipinski definition) is 2. The molecule has 0 saturated carbocycles. The molecule has 1 aliphatic rings. The van der Waals surface area contributed by atoms with E-state index in [0.29, 0.717) is 6.04 Å². The number of rotatable bonds is 3. The number of nitrogens with one attached hydrogen (secondary N) is 1. The van der Waals surface area contributed by atoms with E-state index >= 15 is 0 Å². The highest BCUT2D eigenvalue weighted by Crippen LogP contribution is 2.18. The van der Waals surface area contributed by atoms with E-state index in [4.69, 9.17) is 9.88 Å². The van der Waals surface area contributed by atoms with E-state index in [0.717, 1.165) is 38.2 Å². The van der Waals surface area contributed by atoms with Gasteiger partial charge in [0.2, 0.25) is 10.0 Å². The molecule has 100 valence electrons. The Kier molecular flexibility index (Phi) is 4.21. The second kappa shape index (κ2) is 5.69. The molecular weight excluding hydrogens is 252 g/mol. The van der Waals surface area contributed by atoms with E-state index in [1.54, 1.807) is 12.1 Å². The Morgan fingerprint density at radius 3 is 2.89 bits per heavy atom. The highest BCUT2D eigenvalue weighted by Gasteiger charge is 2.13. The fourth-order valence-electron chi connectivity index (χ4n) is 2.05. The Bertz CT molecular complexity index is 494. The van der Waals surface area contributed by atoms with E-state index in [1.807, 2.05) is 6.07 Å². The molecule has 1 atom stereocenters. The summed E-state index contributed by atoms with van der Waals surface area (Å²) in [6, 6.07) is 6.93. The SMILES string of the molecule is NS(=O)(=O)c1cccc(NC2CCCOCC2)c1. The number of primary sulfonamides is 1. The third-order valence-electron chi connectivity index (χ3n) is 2.99. The van der Waals surface area contributed by atoms with Crippen LogP contribution in [0.5, 0.6) is 0 Å². The molecule has 1 unspecified atom stereocenters. The fourth-order valence-corrected chi connectivity index (χ4v) is 2.61. The van der Waals surface area contributed by atoms with Crippen molar-refractivity contribution >= 4 is 15.7 Å². The Hall–Kier alpha value is -1.11. The second-order valence-corrected chi connectivity index (χ2v) is 6.02. The summed E-state index contributed by atoms with van der Waals surface area (Å²) in [7, 11) is -3.64. The fraction of sp³-hybridized carbons (Fsp3) is 0.500.